The molecule has 0 aliphatic carbocycles. The van der Waals surface area contributed by atoms with Gasteiger partial charge in [0.2, 0.25) is 0 Å². The average Bonchev–Trinajstić information content (AvgIpc) is 2.12. The topological polar surface area (TPSA) is 0 Å². The summed E-state index contributed by atoms with van der Waals surface area (Å²) in [5.74, 6) is 0. The molecule has 0 aromatic heterocycles. The van der Waals surface area contributed by atoms with Crippen LogP contribution in [0, 0.1) is 13.1 Å². The van der Waals surface area contributed by atoms with Crippen LogP contribution in [0.2, 0.25) is 0 Å². The molecule has 0 amide bonds. The molecule has 0 aliphatic rings. The fourth-order valence-electron chi connectivity index (χ4n) is 3.82. The standard InChI is InChI=1S/2C9H21P.CH3.Pd/c2*1-7(2)10(8(3)4)9(5)6;;/h7-8,10H,1-6H3;7-9H,1-6H3;1H3;/q;;-1;+2/p+1. The first kappa shape index (κ1) is 31.3. The van der Waals surface area contributed by atoms with Crippen molar-refractivity contribution >= 4 is 15.8 Å². The molecule has 0 fully saturated rings. The average molecular weight is 443 g/mol. The van der Waals surface area contributed by atoms with Gasteiger partial charge in [0.1, 0.15) is 0 Å². The summed E-state index contributed by atoms with van der Waals surface area (Å²) < 4.78 is 0. The molecule has 0 saturated carbocycles. The van der Waals surface area contributed by atoms with Crippen LogP contribution in [-0.4, -0.2) is 28.3 Å². The largest absolute Gasteiger partial charge is 2.00 e. The van der Waals surface area contributed by atoms with Crippen molar-refractivity contribution in [1.82, 2.24) is 0 Å². The van der Waals surface area contributed by atoms with Crippen LogP contribution in [-0.2, 0) is 20.4 Å². The maximum atomic E-state index is 2.37. The minimum Gasteiger partial charge on any atom is -0.358 e. The monoisotopic (exact) mass is 442 g/mol. The molecular formula is C19H46P2Pd+2. The summed E-state index contributed by atoms with van der Waals surface area (Å²) in [4.78, 5) is 0. The van der Waals surface area contributed by atoms with Crippen molar-refractivity contribution in [2.45, 2.75) is 111 Å². The first-order valence-electron chi connectivity index (χ1n) is 8.47. The van der Waals surface area contributed by atoms with Gasteiger partial charge in [-0.3, -0.25) is 0 Å². The molecule has 0 aliphatic heterocycles. The van der Waals surface area contributed by atoms with E-state index in [0.29, 0.717) is 0 Å². The predicted molar refractivity (Wildman–Crippen MR) is 113 cm³/mol. The van der Waals surface area contributed by atoms with E-state index in [1.165, 1.54) is 0 Å². The quantitative estimate of drug-likeness (QED) is 0.227. The Hall–Kier alpha value is 1.52. The minimum atomic E-state index is -0.179. The maximum absolute atomic E-state index is 2.37. The van der Waals surface area contributed by atoms with Gasteiger partial charge in [-0.1, -0.05) is 0 Å². The van der Waals surface area contributed by atoms with Crippen LogP contribution in [0.1, 0.15) is 83.1 Å². The zero-order chi connectivity index (χ0) is 16.6. The van der Waals surface area contributed by atoms with Gasteiger partial charge in [-0.15, -0.1) is 7.92 Å². The zero-order valence-electron chi connectivity index (χ0n) is 17.7. The van der Waals surface area contributed by atoms with Crippen LogP contribution >= 0.6 is 15.8 Å². The first-order chi connectivity index (χ1) is 8.93. The maximum Gasteiger partial charge on any atom is 2.00 e. The van der Waals surface area contributed by atoms with Gasteiger partial charge in [0.15, 0.2) is 0 Å². The Morgan fingerprint density at radius 1 is 0.545 bits per heavy atom. The second-order valence-electron chi connectivity index (χ2n) is 7.73. The summed E-state index contributed by atoms with van der Waals surface area (Å²) in [6.45, 7) is 28.2. The van der Waals surface area contributed by atoms with E-state index < -0.39 is 0 Å². The van der Waals surface area contributed by atoms with Crippen LogP contribution < -0.4 is 0 Å². The molecule has 140 valence electrons. The van der Waals surface area contributed by atoms with Gasteiger partial charge >= 0.3 is 20.4 Å². The summed E-state index contributed by atoms with van der Waals surface area (Å²) in [5.41, 5.74) is 6.28. The summed E-state index contributed by atoms with van der Waals surface area (Å²) in [5, 5.41) is 0. The summed E-state index contributed by atoms with van der Waals surface area (Å²) in [6, 6.07) is 0. The van der Waals surface area contributed by atoms with Gasteiger partial charge < -0.3 is 7.43 Å². The number of rotatable bonds is 6. The predicted octanol–water partition coefficient (Wildman–Crippen LogP) is 7.46. The fourth-order valence-corrected chi connectivity index (χ4v) is 11.5. The molecule has 0 aromatic rings. The van der Waals surface area contributed by atoms with Crippen molar-refractivity contribution in [2.24, 2.45) is 0 Å². The Morgan fingerprint density at radius 3 is 0.773 bits per heavy atom. The molecule has 3 heteroatoms. The van der Waals surface area contributed by atoms with E-state index in [-0.39, 0.29) is 43.7 Å². The van der Waals surface area contributed by atoms with Gasteiger partial charge in [0.05, 0.1) is 17.0 Å². The van der Waals surface area contributed by atoms with Crippen LogP contribution in [0.5, 0.6) is 0 Å². The van der Waals surface area contributed by atoms with E-state index >= 15 is 0 Å². The number of hydrogen-bond donors (Lipinski definition) is 0. The molecule has 0 N–H and O–H groups in total. The van der Waals surface area contributed by atoms with Crippen LogP contribution in [0.25, 0.3) is 0 Å². The fraction of sp³-hybridized carbons (Fsp3) is 0.895. The molecule has 0 bridgehead atoms. The number of hydrogen-bond acceptors (Lipinski definition) is 0. The molecule has 0 aromatic carbocycles. The van der Waals surface area contributed by atoms with Crippen molar-refractivity contribution < 1.29 is 20.4 Å². The molecular weight excluding hydrogens is 397 g/mol. The van der Waals surface area contributed by atoms with Gasteiger partial charge in [0.25, 0.3) is 0 Å². The van der Waals surface area contributed by atoms with Gasteiger partial charge in [-0.05, 0) is 69.2 Å². The molecule has 0 atom stereocenters. The third kappa shape index (κ3) is 13.9. The SMILES string of the molecule is CC(C)[PH+](C(C)C)C(C)C.C[C-](C)[PH+](C(C)C)C(C)C.[CH3-].[Pd+2]. The zero-order valence-corrected chi connectivity index (χ0v) is 21.3. The molecule has 0 rings (SSSR count). The van der Waals surface area contributed by atoms with E-state index in [0.717, 1.165) is 28.3 Å². The van der Waals surface area contributed by atoms with Crippen molar-refractivity contribution in [2.75, 3.05) is 0 Å². The van der Waals surface area contributed by atoms with Gasteiger partial charge in [0, 0.05) is 19.2 Å². The van der Waals surface area contributed by atoms with E-state index in [1.807, 2.05) is 0 Å². The van der Waals surface area contributed by atoms with E-state index in [1.54, 1.807) is 5.66 Å². The summed E-state index contributed by atoms with van der Waals surface area (Å²) >= 11 is 0. The Kier molecular flexibility index (Phi) is 22.8. The van der Waals surface area contributed by atoms with Crippen LogP contribution in [0.15, 0.2) is 0 Å². The minimum absolute atomic E-state index is 0. The summed E-state index contributed by atoms with van der Waals surface area (Å²) in [7, 11) is -0.275. The smallest absolute Gasteiger partial charge is 0.358 e. The van der Waals surface area contributed by atoms with Crippen molar-refractivity contribution in [3.05, 3.63) is 13.1 Å². The molecule has 0 heterocycles. The van der Waals surface area contributed by atoms with Crippen molar-refractivity contribution in [1.29, 1.82) is 0 Å². The Bertz CT molecular complexity index is 161. The molecule has 0 spiro atoms. The van der Waals surface area contributed by atoms with E-state index in [4.69, 9.17) is 0 Å². The normalized spacial score (nSPS) is 11.5. The Morgan fingerprint density at radius 2 is 0.773 bits per heavy atom. The van der Waals surface area contributed by atoms with E-state index in [2.05, 4.69) is 83.1 Å². The first-order valence-corrected chi connectivity index (χ1v) is 11.9. The molecule has 22 heavy (non-hydrogen) atoms. The van der Waals surface area contributed by atoms with Crippen LogP contribution in [0.4, 0.5) is 0 Å². The van der Waals surface area contributed by atoms with Gasteiger partial charge in [-0.2, -0.15) is 19.5 Å². The third-order valence-corrected chi connectivity index (χ3v) is 11.5. The second kappa shape index (κ2) is 16.0. The Balaban J connectivity index is -0.000000135. The molecule has 0 unspecified atom stereocenters. The second-order valence-corrected chi connectivity index (χ2v) is 16.4. The molecule has 0 radical (unpaired) electrons. The summed E-state index contributed by atoms with van der Waals surface area (Å²) in [6.07, 6.45) is 0. The third-order valence-electron chi connectivity index (χ3n) is 3.82. The molecule has 0 saturated heterocycles. The van der Waals surface area contributed by atoms with Crippen LogP contribution in [0.3, 0.4) is 0 Å². The molecule has 0 nitrogen and oxygen atoms in total. The van der Waals surface area contributed by atoms with Crippen molar-refractivity contribution in [3.8, 4) is 0 Å². The Labute approximate surface area is 160 Å². The van der Waals surface area contributed by atoms with E-state index in [9.17, 15) is 0 Å². The van der Waals surface area contributed by atoms with Crippen molar-refractivity contribution in [3.63, 3.8) is 0 Å². The van der Waals surface area contributed by atoms with Gasteiger partial charge in [-0.25, -0.2) is 0 Å².